The first-order chi connectivity index (χ1) is 8.80. The molecule has 0 amide bonds. The number of hydrogen-bond donors (Lipinski definition) is 2. The molecule has 1 aliphatic heterocycles. The molecule has 0 aromatic rings. The van der Waals surface area contributed by atoms with Crippen LogP contribution in [0.2, 0.25) is 0 Å². The molecular formula is C13H29N3O2S. The van der Waals surface area contributed by atoms with Crippen LogP contribution in [0.15, 0.2) is 0 Å². The van der Waals surface area contributed by atoms with E-state index in [1.807, 2.05) is 0 Å². The molecule has 2 unspecified atom stereocenters. The third kappa shape index (κ3) is 6.70. The summed E-state index contributed by atoms with van der Waals surface area (Å²) in [7, 11) is -1.04. The second-order valence-electron chi connectivity index (χ2n) is 5.95. The average Bonchev–Trinajstić information content (AvgIpc) is 2.29. The van der Waals surface area contributed by atoms with Gasteiger partial charge in [-0.2, -0.15) is 0 Å². The molecule has 0 aliphatic carbocycles. The number of piperidine rings is 1. The molecule has 1 rings (SSSR count). The van der Waals surface area contributed by atoms with Crippen molar-refractivity contribution in [3.05, 3.63) is 0 Å². The van der Waals surface area contributed by atoms with Crippen molar-refractivity contribution in [1.29, 1.82) is 0 Å². The van der Waals surface area contributed by atoms with Gasteiger partial charge in [-0.3, -0.25) is 0 Å². The number of rotatable bonds is 7. The zero-order chi connectivity index (χ0) is 14.5. The van der Waals surface area contributed by atoms with Gasteiger partial charge < -0.3 is 10.2 Å². The largest absolute Gasteiger partial charge is 0.314 e. The Balaban J connectivity index is 2.30. The Labute approximate surface area is 118 Å². The summed E-state index contributed by atoms with van der Waals surface area (Å²) in [6.45, 7) is 7.98. The Morgan fingerprint density at radius 2 is 2.05 bits per heavy atom. The molecule has 0 saturated carbocycles. The van der Waals surface area contributed by atoms with E-state index in [9.17, 15) is 8.42 Å². The van der Waals surface area contributed by atoms with Crippen LogP contribution < -0.4 is 10.0 Å². The molecule has 0 spiro atoms. The maximum atomic E-state index is 12.0. The molecule has 0 aromatic heterocycles. The number of likely N-dealkylation sites (tertiary alicyclic amines) is 1. The van der Waals surface area contributed by atoms with Crippen LogP contribution in [0, 0.1) is 0 Å². The zero-order valence-corrected chi connectivity index (χ0v) is 13.5. The van der Waals surface area contributed by atoms with Gasteiger partial charge in [0.1, 0.15) is 0 Å². The maximum absolute atomic E-state index is 12.0. The predicted molar refractivity (Wildman–Crippen MR) is 79.8 cm³/mol. The van der Waals surface area contributed by atoms with E-state index in [4.69, 9.17) is 0 Å². The standard InChI is InChI=1S/C13H29N3O2S/c1-11(2)14-7-5-9-19(17,18)15-13-6-8-16(4)12(3)10-13/h11-15H,5-10H2,1-4H3. The fourth-order valence-electron chi connectivity index (χ4n) is 2.36. The molecule has 19 heavy (non-hydrogen) atoms. The Morgan fingerprint density at radius 1 is 1.37 bits per heavy atom. The number of nitrogens with one attached hydrogen (secondary N) is 2. The van der Waals surface area contributed by atoms with Crippen LogP contribution in [0.3, 0.4) is 0 Å². The molecule has 2 atom stereocenters. The summed E-state index contributed by atoms with van der Waals surface area (Å²) in [5.74, 6) is 0.216. The van der Waals surface area contributed by atoms with E-state index in [-0.39, 0.29) is 11.8 Å². The van der Waals surface area contributed by atoms with Gasteiger partial charge in [0.25, 0.3) is 0 Å². The SMILES string of the molecule is CC(C)NCCCS(=O)(=O)NC1CCN(C)C(C)C1. The van der Waals surface area contributed by atoms with Crippen LogP contribution in [-0.2, 0) is 10.0 Å². The summed E-state index contributed by atoms with van der Waals surface area (Å²) < 4.78 is 26.8. The smallest absolute Gasteiger partial charge is 0.211 e. The molecular weight excluding hydrogens is 262 g/mol. The van der Waals surface area contributed by atoms with Crippen molar-refractivity contribution < 1.29 is 8.42 Å². The second-order valence-corrected chi connectivity index (χ2v) is 7.82. The summed E-state index contributed by atoms with van der Waals surface area (Å²) in [5, 5.41) is 3.24. The van der Waals surface area contributed by atoms with E-state index in [0.717, 1.165) is 25.9 Å². The van der Waals surface area contributed by atoms with Gasteiger partial charge in [0.2, 0.25) is 10.0 Å². The summed E-state index contributed by atoms with van der Waals surface area (Å²) in [5.41, 5.74) is 0. The third-order valence-electron chi connectivity index (χ3n) is 3.70. The second kappa shape index (κ2) is 7.57. The van der Waals surface area contributed by atoms with Crippen LogP contribution in [0.1, 0.15) is 40.0 Å². The van der Waals surface area contributed by atoms with Crippen molar-refractivity contribution in [3.63, 3.8) is 0 Å². The van der Waals surface area contributed by atoms with Gasteiger partial charge in [0, 0.05) is 18.1 Å². The zero-order valence-electron chi connectivity index (χ0n) is 12.6. The minimum atomic E-state index is -3.13. The van der Waals surface area contributed by atoms with Gasteiger partial charge in [-0.15, -0.1) is 0 Å². The summed E-state index contributed by atoms with van der Waals surface area (Å²) >= 11 is 0. The van der Waals surface area contributed by atoms with Crippen LogP contribution in [0.4, 0.5) is 0 Å². The van der Waals surface area contributed by atoms with Crippen LogP contribution in [0.5, 0.6) is 0 Å². The highest BCUT2D eigenvalue weighted by Crippen LogP contribution is 2.16. The van der Waals surface area contributed by atoms with Gasteiger partial charge in [-0.25, -0.2) is 13.1 Å². The Kier molecular flexibility index (Phi) is 6.73. The van der Waals surface area contributed by atoms with E-state index < -0.39 is 10.0 Å². The molecule has 0 bridgehead atoms. The lowest BCUT2D eigenvalue weighted by Crippen LogP contribution is -2.47. The van der Waals surface area contributed by atoms with Gasteiger partial charge >= 0.3 is 0 Å². The first-order valence-electron chi connectivity index (χ1n) is 7.24. The lowest BCUT2D eigenvalue weighted by Gasteiger charge is -2.35. The number of sulfonamides is 1. The Bertz CT molecular complexity index is 357. The maximum Gasteiger partial charge on any atom is 0.211 e. The molecule has 1 fully saturated rings. The lowest BCUT2D eigenvalue weighted by molar-refractivity contribution is 0.178. The first kappa shape index (κ1) is 16.9. The minimum absolute atomic E-state index is 0.106. The van der Waals surface area contributed by atoms with Crippen molar-refractivity contribution in [3.8, 4) is 0 Å². The van der Waals surface area contributed by atoms with Crippen molar-refractivity contribution in [2.45, 2.75) is 58.2 Å². The van der Waals surface area contributed by atoms with E-state index in [1.165, 1.54) is 0 Å². The molecule has 1 aliphatic rings. The molecule has 6 heteroatoms. The summed E-state index contributed by atoms with van der Waals surface area (Å²) in [6.07, 6.45) is 2.47. The molecule has 0 aromatic carbocycles. The summed E-state index contributed by atoms with van der Waals surface area (Å²) in [4.78, 5) is 2.28. The number of nitrogens with zero attached hydrogens (tertiary/aromatic N) is 1. The van der Waals surface area contributed by atoms with E-state index in [0.29, 0.717) is 18.5 Å². The Morgan fingerprint density at radius 3 is 2.63 bits per heavy atom. The molecule has 0 radical (unpaired) electrons. The van der Waals surface area contributed by atoms with E-state index in [2.05, 4.69) is 42.8 Å². The molecule has 1 saturated heterocycles. The normalized spacial score (nSPS) is 25.9. The van der Waals surface area contributed by atoms with Gasteiger partial charge in [0.15, 0.2) is 0 Å². The molecule has 5 nitrogen and oxygen atoms in total. The van der Waals surface area contributed by atoms with Crippen LogP contribution >= 0.6 is 0 Å². The van der Waals surface area contributed by atoms with Gasteiger partial charge in [0.05, 0.1) is 5.75 Å². The average molecular weight is 291 g/mol. The monoisotopic (exact) mass is 291 g/mol. The third-order valence-corrected chi connectivity index (χ3v) is 5.22. The lowest BCUT2D eigenvalue weighted by atomic mass is 10.0. The highest BCUT2D eigenvalue weighted by atomic mass is 32.2. The number of hydrogen-bond acceptors (Lipinski definition) is 4. The van der Waals surface area contributed by atoms with Crippen LogP contribution in [0.25, 0.3) is 0 Å². The Hall–Kier alpha value is -0.170. The van der Waals surface area contributed by atoms with E-state index >= 15 is 0 Å². The highest BCUT2D eigenvalue weighted by Gasteiger charge is 2.25. The molecule has 1 heterocycles. The fraction of sp³-hybridized carbons (Fsp3) is 1.00. The predicted octanol–water partition coefficient (Wildman–Crippen LogP) is 0.777. The van der Waals surface area contributed by atoms with Gasteiger partial charge in [-0.1, -0.05) is 13.8 Å². The van der Waals surface area contributed by atoms with Crippen molar-refractivity contribution >= 4 is 10.0 Å². The van der Waals surface area contributed by atoms with Gasteiger partial charge in [-0.05, 0) is 46.3 Å². The quantitative estimate of drug-likeness (QED) is 0.681. The molecule has 114 valence electrons. The van der Waals surface area contributed by atoms with E-state index in [1.54, 1.807) is 0 Å². The van der Waals surface area contributed by atoms with Crippen molar-refractivity contribution in [2.24, 2.45) is 0 Å². The van der Waals surface area contributed by atoms with Crippen molar-refractivity contribution in [1.82, 2.24) is 14.9 Å². The van der Waals surface area contributed by atoms with Crippen molar-refractivity contribution in [2.75, 3.05) is 25.9 Å². The minimum Gasteiger partial charge on any atom is -0.314 e. The topological polar surface area (TPSA) is 61.4 Å². The fourth-order valence-corrected chi connectivity index (χ4v) is 3.73. The molecule has 2 N–H and O–H groups in total. The van der Waals surface area contributed by atoms with Crippen LogP contribution in [-0.4, -0.2) is 57.3 Å². The first-order valence-corrected chi connectivity index (χ1v) is 8.89. The summed E-state index contributed by atoms with van der Waals surface area (Å²) in [6, 6.07) is 0.962. The highest BCUT2D eigenvalue weighted by molar-refractivity contribution is 7.89.